The maximum Gasteiger partial charge on any atom is 0.0769 e. The first-order chi connectivity index (χ1) is 16.2. The fourth-order valence-electron chi connectivity index (χ4n) is 8.95. The van der Waals surface area contributed by atoms with E-state index in [1.165, 1.54) is 67.0 Å². The number of hydrogen-bond acceptors (Lipinski definition) is 2. The van der Waals surface area contributed by atoms with Crippen molar-refractivity contribution in [2.75, 3.05) is 0 Å². The van der Waals surface area contributed by atoms with Crippen molar-refractivity contribution in [3.63, 3.8) is 0 Å². The maximum atomic E-state index is 5.96. The van der Waals surface area contributed by atoms with Crippen LogP contribution < -0.4 is 0 Å². The molecule has 0 aliphatic heterocycles. The molecule has 8 unspecified atom stereocenters. The summed E-state index contributed by atoms with van der Waals surface area (Å²) in [5.41, 5.74) is 2.73. The normalized spacial score (nSPS) is 41.1. The summed E-state index contributed by atoms with van der Waals surface area (Å²) in [7, 11) is 1.53. The van der Waals surface area contributed by atoms with Gasteiger partial charge in [-0.2, -0.15) is 0 Å². The molecule has 0 bridgehead atoms. The molecule has 9 atom stereocenters. The van der Waals surface area contributed by atoms with Crippen LogP contribution in [0.4, 0.5) is 0 Å². The number of rotatable bonds is 7. The molecule has 1 nitrogen and oxygen atoms in total. The highest BCUT2D eigenvalue weighted by atomic mass is 127. The van der Waals surface area contributed by atoms with Crippen molar-refractivity contribution in [2.24, 2.45) is 52.3 Å². The highest BCUT2D eigenvalue weighted by Gasteiger charge is 2.59. The molecule has 0 aromatic rings. The third-order valence-corrected chi connectivity index (χ3v) is 11.9. The van der Waals surface area contributed by atoms with Gasteiger partial charge in [0.05, 0.1) is 15.3 Å². The summed E-state index contributed by atoms with van der Waals surface area (Å²) in [5, 5.41) is 0. The average molecular weight is 601 g/mol. The largest absolute Gasteiger partial charge is 0.302 e. The van der Waals surface area contributed by atoms with E-state index in [2.05, 4.69) is 81.0 Å². The summed E-state index contributed by atoms with van der Waals surface area (Å²) < 4.78 is 5.96. The van der Waals surface area contributed by atoms with Crippen molar-refractivity contribution in [2.45, 2.75) is 119 Å². The Morgan fingerprint density at radius 2 is 1.79 bits per heavy atom. The van der Waals surface area contributed by atoms with Gasteiger partial charge in [0.1, 0.15) is 0 Å². The van der Waals surface area contributed by atoms with Crippen molar-refractivity contribution in [1.82, 2.24) is 0 Å². The molecule has 4 rings (SSSR count). The molecular weight excluding hydrogens is 547 g/mol. The number of allylic oxidation sites excluding steroid dienone is 3. The van der Waals surface area contributed by atoms with E-state index in [0.29, 0.717) is 16.9 Å². The predicted octanol–water partition coefficient (Wildman–Crippen LogP) is 10.8. The van der Waals surface area contributed by atoms with Gasteiger partial charge >= 0.3 is 0 Å². The van der Waals surface area contributed by atoms with Gasteiger partial charge in [-0.25, -0.2) is 0 Å². The zero-order valence-corrected chi connectivity index (χ0v) is 26.4. The molecule has 4 aliphatic carbocycles. The van der Waals surface area contributed by atoms with Crippen LogP contribution in [-0.4, -0.2) is 6.10 Å². The van der Waals surface area contributed by atoms with Crippen LogP contribution >= 0.6 is 30.4 Å². The molecule has 196 valence electrons. The SMILES string of the molecule is CC.CCC(/C=C/C(C)C1CCC2C3CC=C4CC(OSI)CC[C@]4(C)C3CCC12C)C(C)C. The molecule has 0 radical (unpaired) electrons. The molecule has 0 spiro atoms. The zero-order valence-electron chi connectivity index (χ0n) is 23.4. The van der Waals surface area contributed by atoms with E-state index < -0.39 is 0 Å². The van der Waals surface area contributed by atoms with Gasteiger partial charge in [-0.3, -0.25) is 0 Å². The van der Waals surface area contributed by atoms with Crippen LogP contribution in [0.25, 0.3) is 0 Å². The Hall–Kier alpha value is 0.520. The Bertz CT molecular complexity index is 716. The van der Waals surface area contributed by atoms with Gasteiger partial charge < -0.3 is 4.18 Å². The van der Waals surface area contributed by atoms with Gasteiger partial charge in [-0.05, 0) is 110 Å². The Morgan fingerprint density at radius 1 is 1.06 bits per heavy atom. The van der Waals surface area contributed by atoms with Crippen molar-refractivity contribution in [3.8, 4) is 0 Å². The third-order valence-electron chi connectivity index (χ3n) is 10.9. The van der Waals surface area contributed by atoms with Crippen LogP contribution in [0.3, 0.4) is 0 Å². The van der Waals surface area contributed by atoms with Crippen molar-refractivity contribution in [1.29, 1.82) is 0 Å². The number of fused-ring (bicyclic) bond motifs is 5. The average Bonchev–Trinajstić information content (AvgIpc) is 3.18. The lowest BCUT2D eigenvalue weighted by Crippen LogP contribution is -2.50. The molecule has 3 fully saturated rings. The molecule has 0 amide bonds. The van der Waals surface area contributed by atoms with Gasteiger partial charge in [-0.15, -0.1) is 0 Å². The summed E-state index contributed by atoms with van der Waals surface area (Å²) in [6, 6.07) is 0. The summed E-state index contributed by atoms with van der Waals surface area (Å²) in [6.45, 7) is 19.0. The fraction of sp³-hybridized carbons (Fsp3) is 0.871. The quantitative estimate of drug-likeness (QED) is 0.163. The highest BCUT2D eigenvalue weighted by Crippen LogP contribution is 2.67. The Balaban J connectivity index is 0.00000158. The lowest BCUT2D eigenvalue weighted by molar-refractivity contribution is -0.0517. The van der Waals surface area contributed by atoms with Gasteiger partial charge in [0.15, 0.2) is 0 Å². The van der Waals surface area contributed by atoms with E-state index in [0.717, 1.165) is 41.4 Å². The molecule has 0 N–H and O–H groups in total. The molecule has 0 aromatic heterocycles. The van der Waals surface area contributed by atoms with E-state index >= 15 is 0 Å². The molecular formula is C31H53IOS. The summed E-state index contributed by atoms with van der Waals surface area (Å²) >= 11 is 2.28. The summed E-state index contributed by atoms with van der Waals surface area (Å²) in [4.78, 5) is 0. The number of hydrogen-bond donors (Lipinski definition) is 0. The molecule has 34 heavy (non-hydrogen) atoms. The lowest BCUT2D eigenvalue weighted by Gasteiger charge is -2.58. The van der Waals surface area contributed by atoms with Crippen LogP contribution in [-0.2, 0) is 4.18 Å². The minimum absolute atomic E-state index is 0.433. The first-order valence-corrected chi connectivity index (χ1v) is 17.8. The molecule has 0 aromatic carbocycles. The van der Waals surface area contributed by atoms with Gasteiger partial charge in [0.2, 0.25) is 0 Å². The maximum absolute atomic E-state index is 5.96. The van der Waals surface area contributed by atoms with E-state index in [4.69, 9.17) is 4.18 Å². The Morgan fingerprint density at radius 3 is 2.44 bits per heavy atom. The van der Waals surface area contributed by atoms with Crippen molar-refractivity contribution < 1.29 is 4.18 Å². The second kappa shape index (κ2) is 12.4. The topological polar surface area (TPSA) is 9.23 Å². The van der Waals surface area contributed by atoms with E-state index in [1.807, 2.05) is 13.8 Å². The van der Waals surface area contributed by atoms with Crippen LogP contribution in [0.5, 0.6) is 0 Å². The molecule has 4 aliphatic rings. The van der Waals surface area contributed by atoms with Crippen LogP contribution in [0.15, 0.2) is 23.8 Å². The Kier molecular flexibility index (Phi) is 10.6. The van der Waals surface area contributed by atoms with Gasteiger partial charge in [0.25, 0.3) is 0 Å². The third kappa shape index (κ3) is 5.52. The minimum atomic E-state index is 0.433. The standard InChI is InChI=1S/C29H47IOS.C2H6/c1-7-21(19(2)3)9-8-20(4)25-12-13-26-24-11-10-22-18-23(31-32-30)14-16-28(22,5)27(24)15-17-29(25,26)6;1-2/h8-10,19-21,23-27H,7,11-18H2,1-6H3;1-2H3/b9-8+;/t20?,21?,23?,24?,25?,26?,27?,28-,29?;/m0./s1. The van der Waals surface area contributed by atoms with Crippen molar-refractivity contribution in [3.05, 3.63) is 23.8 Å². The lowest BCUT2D eigenvalue weighted by atomic mass is 9.47. The molecule has 3 heteroatoms. The second-order valence-corrected chi connectivity index (χ2v) is 14.0. The molecule has 0 saturated heterocycles. The monoisotopic (exact) mass is 600 g/mol. The fourth-order valence-corrected chi connectivity index (χ4v) is 10.1. The van der Waals surface area contributed by atoms with E-state index in [1.54, 1.807) is 5.57 Å². The molecule has 0 heterocycles. The summed E-state index contributed by atoms with van der Waals surface area (Å²) in [6.07, 6.45) is 20.5. The molecule has 3 saturated carbocycles. The van der Waals surface area contributed by atoms with Crippen LogP contribution in [0.2, 0.25) is 0 Å². The van der Waals surface area contributed by atoms with Gasteiger partial charge in [0, 0.05) is 21.2 Å². The first kappa shape index (κ1) is 29.1. The van der Waals surface area contributed by atoms with Crippen LogP contribution in [0, 0.1) is 52.3 Å². The van der Waals surface area contributed by atoms with Crippen molar-refractivity contribution >= 4 is 30.4 Å². The second-order valence-electron chi connectivity index (χ2n) is 12.6. The number of halogens is 1. The predicted molar refractivity (Wildman–Crippen MR) is 160 cm³/mol. The van der Waals surface area contributed by atoms with Gasteiger partial charge in [-0.1, -0.05) is 79.2 Å². The Labute approximate surface area is 228 Å². The summed E-state index contributed by atoms with van der Waals surface area (Å²) in [5.74, 6) is 5.84. The van der Waals surface area contributed by atoms with E-state index in [-0.39, 0.29) is 0 Å². The minimum Gasteiger partial charge on any atom is -0.302 e. The van der Waals surface area contributed by atoms with Crippen LogP contribution in [0.1, 0.15) is 113 Å². The van der Waals surface area contributed by atoms with E-state index in [9.17, 15) is 0 Å². The highest BCUT2D eigenvalue weighted by molar-refractivity contribution is 14.2. The smallest absolute Gasteiger partial charge is 0.0769 e. The first-order valence-electron chi connectivity index (χ1n) is 14.6. The zero-order chi connectivity index (χ0) is 25.1.